The van der Waals surface area contributed by atoms with E-state index in [0.717, 1.165) is 5.56 Å². The molecule has 5 nitrogen and oxygen atoms in total. The molecule has 0 unspecified atom stereocenters. The summed E-state index contributed by atoms with van der Waals surface area (Å²) in [7, 11) is 1.31. The fourth-order valence-electron chi connectivity index (χ4n) is 1.66. The van der Waals surface area contributed by atoms with E-state index in [1.165, 1.54) is 7.11 Å². The summed E-state index contributed by atoms with van der Waals surface area (Å²) in [5.41, 5.74) is 0.808. The largest absolute Gasteiger partial charge is 0.508 e. The highest BCUT2D eigenvalue weighted by molar-refractivity contribution is 5.86. The standard InChI is InChI=1S/C14H15NO4/c1-18-14(17)13-7-6-11(19-13)9-15-8-10-4-2-3-5-12(10)16/h2-7,15-16H,8-9H2,1H3. The van der Waals surface area contributed by atoms with Gasteiger partial charge in [0.15, 0.2) is 0 Å². The lowest BCUT2D eigenvalue weighted by molar-refractivity contribution is 0.0563. The Labute approximate surface area is 110 Å². The third-order valence-corrected chi connectivity index (χ3v) is 2.65. The topological polar surface area (TPSA) is 71.7 Å². The zero-order valence-corrected chi connectivity index (χ0v) is 10.6. The number of furan rings is 1. The van der Waals surface area contributed by atoms with Gasteiger partial charge < -0.3 is 19.6 Å². The predicted molar refractivity (Wildman–Crippen MR) is 68.7 cm³/mol. The molecule has 0 aliphatic rings. The summed E-state index contributed by atoms with van der Waals surface area (Å²) in [6.07, 6.45) is 0. The molecule has 2 aromatic rings. The Bertz CT molecular complexity index is 562. The summed E-state index contributed by atoms with van der Waals surface area (Å²) in [5.74, 6) is 0.578. The third-order valence-electron chi connectivity index (χ3n) is 2.65. The van der Waals surface area contributed by atoms with Crippen molar-refractivity contribution >= 4 is 5.97 Å². The first-order valence-electron chi connectivity index (χ1n) is 5.85. The number of hydrogen-bond donors (Lipinski definition) is 2. The van der Waals surface area contributed by atoms with Crippen LogP contribution in [0.3, 0.4) is 0 Å². The van der Waals surface area contributed by atoms with Gasteiger partial charge in [-0.15, -0.1) is 0 Å². The lowest BCUT2D eigenvalue weighted by Gasteiger charge is -2.05. The van der Waals surface area contributed by atoms with Crippen molar-refractivity contribution in [3.05, 3.63) is 53.5 Å². The van der Waals surface area contributed by atoms with Gasteiger partial charge in [0.25, 0.3) is 0 Å². The molecule has 0 spiro atoms. The molecule has 0 amide bonds. The number of rotatable bonds is 5. The SMILES string of the molecule is COC(=O)c1ccc(CNCc2ccccc2O)o1. The number of esters is 1. The number of hydrogen-bond acceptors (Lipinski definition) is 5. The van der Waals surface area contributed by atoms with Crippen LogP contribution < -0.4 is 5.32 Å². The van der Waals surface area contributed by atoms with E-state index >= 15 is 0 Å². The van der Waals surface area contributed by atoms with Crippen molar-refractivity contribution in [3.8, 4) is 5.75 Å². The van der Waals surface area contributed by atoms with Gasteiger partial charge in [0, 0.05) is 12.1 Å². The van der Waals surface area contributed by atoms with Crippen LogP contribution in [0.25, 0.3) is 0 Å². The van der Waals surface area contributed by atoms with Crippen molar-refractivity contribution in [3.63, 3.8) is 0 Å². The third kappa shape index (κ3) is 3.35. The molecule has 100 valence electrons. The fourth-order valence-corrected chi connectivity index (χ4v) is 1.66. The molecule has 0 radical (unpaired) electrons. The molecule has 5 heteroatoms. The molecular formula is C14H15NO4. The zero-order chi connectivity index (χ0) is 13.7. The normalized spacial score (nSPS) is 10.4. The van der Waals surface area contributed by atoms with Crippen LogP contribution in [0.1, 0.15) is 21.9 Å². The Morgan fingerprint density at radius 1 is 1.26 bits per heavy atom. The van der Waals surface area contributed by atoms with Crippen LogP contribution in [0.4, 0.5) is 0 Å². The molecule has 1 aromatic carbocycles. The molecule has 19 heavy (non-hydrogen) atoms. The fraction of sp³-hybridized carbons (Fsp3) is 0.214. The van der Waals surface area contributed by atoms with Gasteiger partial charge >= 0.3 is 5.97 Å². The van der Waals surface area contributed by atoms with Crippen molar-refractivity contribution in [1.29, 1.82) is 0 Å². The zero-order valence-electron chi connectivity index (χ0n) is 10.6. The van der Waals surface area contributed by atoms with Gasteiger partial charge in [-0.2, -0.15) is 0 Å². The summed E-state index contributed by atoms with van der Waals surface area (Å²) >= 11 is 0. The first-order chi connectivity index (χ1) is 9.20. The maximum absolute atomic E-state index is 11.2. The lowest BCUT2D eigenvalue weighted by Crippen LogP contribution is -2.12. The van der Waals surface area contributed by atoms with E-state index in [9.17, 15) is 9.90 Å². The van der Waals surface area contributed by atoms with E-state index in [1.807, 2.05) is 12.1 Å². The molecule has 0 aliphatic heterocycles. The molecule has 0 fully saturated rings. The second-order valence-corrected chi connectivity index (χ2v) is 3.99. The van der Waals surface area contributed by atoms with Gasteiger partial charge in [0.05, 0.1) is 13.7 Å². The summed E-state index contributed by atoms with van der Waals surface area (Å²) < 4.78 is 9.86. The van der Waals surface area contributed by atoms with Crippen LogP contribution in [-0.2, 0) is 17.8 Å². The molecular weight excluding hydrogens is 246 g/mol. The highest BCUT2D eigenvalue weighted by Gasteiger charge is 2.10. The van der Waals surface area contributed by atoms with E-state index < -0.39 is 5.97 Å². The Morgan fingerprint density at radius 2 is 2.05 bits per heavy atom. The Balaban J connectivity index is 1.88. The van der Waals surface area contributed by atoms with E-state index in [0.29, 0.717) is 18.8 Å². The average Bonchev–Trinajstić information content (AvgIpc) is 2.89. The highest BCUT2D eigenvalue weighted by Crippen LogP contribution is 2.15. The van der Waals surface area contributed by atoms with Crippen LogP contribution in [0, 0.1) is 0 Å². The summed E-state index contributed by atoms with van der Waals surface area (Å²) in [5, 5.41) is 12.7. The number of nitrogens with one attached hydrogen (secondary N) is 1. The Hall–Kier alpha value is -2.27. The monoisotopic (exact) mass is 261 g/mol. The van der Waals surface area contributed by atoms with E-state index in [-0.39, 0.29) is 11.5 Å². The number of phenolic OH excluding ortho intramolecular Hbond substituents is 1. The van der Waals surface area contributed by atoms with Gasteiger partial charge in [-0.3, -0.25) is 0 Å². The van der Waals surface area contributed by atoms with Crippen LogP contribution in [0.5, 0.6) is 5.75 Å². The highest BCUT2D eigenvalue weighted by atomic mass is 16.5. The number of aromatic hydroxyl groups is 1. The van der Waals surface area contributed by atoms with Crippen molar-refractivity contribution in [1.82, 2.24) is 5.32 Å². The van der Waals surface area contributed by atoms with Crippen molar-refractivity contribution < 1.29 is 19.1 Å². The molecule has 0 saturated carbocycles. The molecule has 0 atom stereocenters. The van der Waals surface area contributed by atoms with E-state index in [4.69, 9.17) is 4.42 Å². The van der Waals surface area contributed by atoms with Crippen molar-refractivity contribution in [2.75, 3.05) is 7.11 Å². The van der Waals surface area contributed by atoms with Gasteiger partial charge in [0.2, 0.25) is 5.76 Å². The molecule has 1 aromatic heterocycles. The van der Waals surface area contributed by atoms with Crippen molar-refractivity contribution in [2.24, 2.45) is 0 Å². The smallest absolute Gasteiger partial charge is 0.373 e. The summed E-state index contributed by atoms with van der Waals surface area (Å²) in [4.78, 5) is 11.2. The summed E-state index contributed by atoms with van der Waals surface area (Å²) in [6, 6.07) is 10.4. The molecule has 2 rings (SSSR count). The second-order valence-electron chi connectivity index (χ2n) is 3.99. The molecule has 0 aliphatic carbocycles. The van der Waals surface area contributed by atoms with Gasteiger partial charge in [0.1, 0.15) is 11.5 Å². The van der Waals surface area contributed by atoms with Gasteiger partial charge in [-0.25, -0.2) is 4.79 Å². The number of benzene rings is 1. The van der Waals surface area contributed by atoms with E-state index in [1.54, 1.807) is 24.3 Å². The van der Waals surface area contributed by atoms with Crippen LogP contribution in [-0.4, -0.2) is 18.2 Å². The van der Waals surface area contributed by atoms with E-state index in [2.05, 4.69) is 10.1 Å². The number of carbonyl (C=O) groups excluding carboxylic acids is 1. The van der Waals surface area contributed by atoms with Gasteiger partial charge in [-0.05, 0) is 18.2 Å². The van der Waals surface area contributed by atoms with Gasteiger partial charge in [-0.1, -0.05) is 18.2 Å². The summed E-state index contributed by atoms with van der Waals surface area (Å²) in [6.45, 7) is 0.978. The Morgan fingerprint density at radius 3 is 2.79 bits per heavy atom. The van der Waals surface area contributed by atoms with Crippen LogP contribution in [0.15, 0.2) is 40.8 Å². The molecule has 0 bridgehead atoms. The quantitative estimate of drug-likeness (QED) is 0.806. The number of para-hydroxylation sites is 1. The molecule has 0 saturated heterocycles. The minimum Gasteiger partial charge on any atom is -0.508 e. The number of carbonyl (C=O) groups is 1. The number of ether oxygens (including phenoxy) is 1. The molecule has 1 heterocycles. The lowest BCUT2D eigenvalue weighted by atomic mass is 10.2. The number of methoxy groups -OCH3 is 1. The molecule has 2 N–H and O–H groups in total. The second kappa shape index (κ2) is 6.06. The number of phenols is 1. The maximum atomic E-state index is 11.2. The maximum Gasteiger partial charge on any atom is 0.373 e. The average molecular weight is 261 g/mol. The van der Waals surface area contributed by atoms with Crippen molar-refractivity contribution in [2.45, 2.75) is 13.1 Å². The first-order valence-corrected chi connectivity index (χ1v) is 5.85. The minimum atomic E-state index is -0.494. The van der Waals surface area contributed by atoms with Crippen LogP contribution >= 0.6 is 0 Å². The Kier molecular flexibility index (Phi) is 4.20. The van der Waals surface area contributed by atoms with Crippen LogP contribution in [0.2, 0.25) is 0 Å². The first kappa shape index (κ1) is 13.2. The minimum absolute atomic E-state index is 0.182. The predicted octanol–water partition coefficient (Wildman–Crippen LogP) is 2.06.